The minimum Gasteiger partial charge on any atom is -0.370 e. The summed E-state index contributed by atoms with van der Waals surface area (Å²) < 4.78 is 0. The lowest BCUT2D eigenvalue weighted by Crippen LogP contribution is -2.32. The van der Waals surface area contributed by atoms with Crippen LogP contribution in [0.5, 0.6) is 0 Å². The van der Waals surface area contributed by atoms with Crippen molar-refractivity contribution in [2.75, 3.05) is 23.4 Å². The molecule has 0 aliphatic carbocycles. The molecule has 6 heteroatoms. The van der Waals surface area contributed by atoms with Crippen molar-refractivity contribution < 1.29 is 4.92 Å². The molecular formula is C22H30N4O2. The highest BCUT2D eigenvalue weighted by Crippen LogP contribution is 2.26. The zero-order chi connectivity index (χ0) is 20.7. The molecule has 0 atom stereocenters. The van der Waals surface area contributed by atoms with Gasteiger partial charge in [-0.05, 0) is 36.5 Å². The molecule has 2 aromatic carbocycles. The molecule has 0 amide bonds. The van der Waals surface area contributed by atoms with E-state index in [1.54, 1.807) is 18.3 Å². The topological polar surface area (TPSA) is 70.8 Å². The standard InChI is InChI=1S/C22H30N4O2/c1-16(2)14-25(15-17(3)4)22-11-10-20(26(27)28)12-19(22)13-23-24-21-9-7-6-8-18(21)5/h6-13,16-17,24H,14-15H2,1-5H3. The second-order valence-electron chi connectivity index (χ2n) is 7.88. The van der Waals surface area contributed by atoms with Crippen LogP contribution in [-0.2, 0) is 0 Å². The van der Waals surface area contributed by atoms with Crippen molar-refractivity contribution in [2.24, 2.45) is 16.9 Å². The Balaban J connectivity index is 2.37. The third-order valence-corrected chi connectivity index (χ3v) is 4.27. The summed E-state index contributed by atoms with van der Waals surface area (Å²) >= 11 is 0. The van der Waals surface area contributed by atoms with E-state index >= 15 is 0 Å². The van der Waals surface area contributed by atoms with Gasteiger partial charge in [0, 0.05) is 36.5 Å². The molecule has 0 heterocycles. The van der Waals surface area contributed by atoms with Crippen LogP contribution < -0.4 is 10.3 Å². The first-order chi connectivity index (χ1) is 13.3. The van der Waals surface area contributed by atoms with Crippen LogP contribution in [-0.4, -0.2) is 24.2 Å². The number of hydrazone groups is 1. The van der Waals surface area contributed by atoms with Crippen molar-refractivity contribution in [2.45, 2.75) is 34.6 Å². The van der Waals surface area contributed by atoms with Crippen LogP contribution in [0.3, 0.4) is 0 Å². The number of rotatable bonds is 9. The molecule has 0 aromatic heterocycles. The summed E-state index contributed by atoms with van der Waals surface area (Å²) in [7, 11) is 0. The average molecular weight is 383 g/mol. The second kappa shape index (κ2) is 9.88. The molecule has 0 spiro atoms. The van der Waals surface area contributed by atoms with Gasteiger partial charge in [0.15, 0.2) is 0 Å². The van der Waals surface area contributed by atoms with E-state index in [4.69, 9.17) is 0 Å². The van der Waals surface area contributed by atoms with E-state index in [1.807, 2.05) is 37.3 Å². The molecule has 0 aliphatic heterocycles. The number of anilines is 2. The molecule has 0 bridgehead atoms. The van der Waals surface area contributed by atoms with E-state index in [9.17, 15) is 10.1 Å². The number of nitrogens with zero attached hydrogens (tertiary/aromatic N) is 3. The van der Waals surface area contributed by atoms with E-state index in [1.165, 1.54) is 0 Å². The van der Waals surface area contributed by atoms with Crippen LogP contribution in [0, 0.1) is 28.9 Å². The average Bonchev–Trinajstić information content (AvgIpc) is 2.62. The minimum atomic E-state index is -0.370. The molecule has 0 saturated heterocycles. The van der Waals surface area contributed by atoms with Gasteiger partial charge < -0.3 is 4.90 Å². The molecule has 2 rings (SSSR count). The number of benzene rings is 2. The molecule has 1 N–H and O–H groups in total. The second-order valence-corrected chi connectivity index (χ2v) is 7.88. The predicted octanol–water partition coefficient (Wildman–Crippen LogP) is 5.47. The van der Waals surface area contributed by atoms with Gasteiger partial charge in [0.1, 0.15) is 0 Å². The Hall–Kier alpha value is -2.89. The molecule has 2 aromatic rings. The summed E-state index contributed by atoms with van der Waals surface area (Å²) in [5, 5.41) is 15.6. The zero-order valence-corrected chi connectivity index (χ0v) is 17.3. The number of hydrogen-bond acceptors (Lipinski definition) is 5. The lowest BCUT2D eigenvalue weighted by Gasteiger charge is -2.29. The third kappa shape index (κ3) is 6.08. The highest BCUT2D eigenvalue weighted by molar-refractivity contribution is 5.89. The van der Waals surface area contributed by atoms with E-state index in [0.29, 0.717) is 11.8 Å². The fourth-order valence-electron chi connectivity index (χ4n) is 3.07. The first-order valence-electron chi connectivity index (χ1n) is 9.66. The van der Waals surface area contributed by atoms with Gasteiger partial charge in [-0.2, -0.15) is 5.10 Å². The molecule has 28 heavy (non-hydrogen) atoms. The Labute approximate surface area is 167 Å². The Morgan fingerprint density at radius 2 is 1.75 bits per heavy atom. The summed E-state index contributed by atoms with van der Waals surface area (Å²) in [6.45, 7) is 12.4. The first kappa shape index (κ1) is 21.4. The fourth-order valence-corrected chi connectivity index (χ4v) is 3.07. The van der Waals surface area contributed by atoms with Crippen molar-refractivity contribution in [3.63, 3.8) is 0 Å². The molecule has 0 aliphatic rings. The van der Waals surface area contributed by atoms with E-state index in [2.05, 4.69) is 43.1 Å². The first-order valence-corrected chi connectivity index (χ1v) is 9.66. The van der Waals surface area contributed by atoms with Gasteiger partial charge in [-0.3, -0.25) is 15.5 Å². The minimum absolute atomic E-state index is 0.0649. The maximum Gasteiger partial charge on any atom is 0.270 e. The van der Waals surface area contributed by atoms with E-state index in [-0.39, 0.29) is 10.6 Å². The van der Waals surface area contributed by atoms with Gasteiger partial charge in [-0.25, -0.2) is 0 Å². The maximum atomic E-state index is 11.3. The van der Waals surface area contributed by atoms with E-state index < -0.39 is 0 Å². The number of nitrogens with one attached hydrogen (secondary N) is 1. The van der Waals surface area contributed by atoms with Gasteiger partial charge in [0.25, 0.3) is 5.69 Å². The fraction of sp³-hybridized carbons (Fsp3) is 0.409. The van der Waals surface area contributed by atoms with E-state index in [0.717, 1.165) is 35.6 Å². The Bertz CT molecular complexity index is 821. The smallest absolute Gasteiger partial charge is 0.270 e. The van der Waals surface area contributed by atoms with Crippen LogP contribution in [0.15, 0.2) is 47.6 Å². The number of hydrogen-bond donors (Lipinski definition) is 1. The quantitative estimate of drug-likeness (QED) is 0.355. The summed E-state index contributed by atoms with van der Waals surface area (Å²) in [6.07, 6.45) is 1.67. The largest absolute Gasteiger partial charge is 0.370 e. The zero-order valence-electron chi connectivity index (χ0n) is 17.3. The Morgan fingerprint density at radius 3 is 2.32 bits per heavy atom. The van der Waals surface area contributed by atoms with Gasteiger partial charge in [-0.1, -0.05) is 45.9 Å². The summed E-state index contributed by atoms with van der Waals surface area (Å²) in [4.78, 5) is 13.2. The normalized spacial score (nSPS) is 11.4. The van der Waals surface area contributed by atoms with Crippen LogP contribution in [0.4, 0.5) is 17.1 Å². The van der Waals surface area contributed by atoms with Crippen LogP contribution in [0.1, 0.15) is 38.8 Å². The SMILES string of the molecule is Cc1ccccc1NN=Cc1cc([N+](=O)[O-])ccc1N(CC(C)C)CC(C)C. The monoisotopic (exact) mass is 382 g/mol. The molecule has 0 saturated carbocycles. The van der Waals surface area contributed by atoms with Crippen LogP contribution in [0.2, 0.25) is 0 Å². The van der Waals surface area contributed by atoms with Gasteiger partial charge in [-0.15, -0.1) is 0 Å². The lowest BCUT2D eigenvalue weighted by atomic mass is 10.1. The van der Waals surface area contributed by atoms with Crippen molar-refractivity contribution in [3.8, 4) is 0 Å². The number of nitro groups is 1. The van der Waals surface area contributed by atoms with Gasteiger partial charge >= 0.3 is 0 Å². The molecule has 0 fully saturated rings. The maximum absolute atomic E-state index is 11.3. The third-order valence-electron chi connectivity index (χ3n) is 4.27. The van der Waals surface area contributed by atoms with Crippen LogP contribution >= 0.6 is 0 Å². The molecule has 0 unspecified atom stereocenters. The highest BCUT2D eigenvalue weighted by atomic mass is 16.6. The van der Waals surface area contributed by atoms with Crippen molar-refractivity contribution in [3.05, 3.63) is 63.7 Å². The van der Waals surface area contributed by atoms with Crippen molar-refractivity contribution >= 4 is 23.3 Å². The molecule has 6 nitrogen and oxygen atoms in total. The number of nitro benzene ring substituents is 1. The van der Waals surface area contributed by atoms with Gasteiger partial charge in [0.05, 0.1) is 16.8 Å². The van der Waals surface area contributed by atoms with Gasteiger partial charge in [0.2, 0.25) is 0 Å². The molecule has 0 radical (unpaired) electrons. The number of para-hydroxylation sites is 1. The molecule has 150 valence electrons. The number of non-ortho nitro benzene ring substituents is 1. The Morgan fingerprint density at radius 1 is 1.11 bits per heavy atom. The number of aryl methyl sites for hydroxylation is 1. The summed E-state index contributed by atoms with van der Waals surface area (Å²) in [5.41, 5.74) is 6.79. The predicted molar refractivity (Wildman–Crippen MR) is 117 cm³/mol. The Kier molecular flexibility index (Phi) is 7.55. The summed E-state index contributed by atoms with van der Waals surface area (Å²) in [5.74, 6) is 0.952. The van der Waals surface area contributed by atoms with Crippen molar-refractivity contribution in [1.29, 1.82) is 0 Å². The summed E-state index contributed by atoms with van der Waals surface area (Å²) in [6, 6.07) is 12.9. The lowest BCUT2D eigenvalue weighted by molar-refractivity contribution is -0.384. The molecular weight excluding hydrogens is 352 g/mol. The highest BCUT2D eigenvalue weighted by Gasteiger charge is 2.17. The van der Waals surface area contributed by atoms with Crippen molar-refractivity contribution in [1.82, 2.24) is 0 Å². The van der Waals surface area contributed by atoms with Crippen LogP contribution in [0.25, 0.3) is 0 Å².